The van der Waals surface area contributed by atoms with Gasteiger partial charge in [0.2, 0.25) is 0 Å². The van der Waals surface area contributed by atoms with Crippen LogP contribution in [0.25, 0.3) is 0 Å². The van der Waals surface area contributed by atoms with Crippen LogP contribution in [0.2, 0.25) is 0 Å². The second kappa shape index (κ2) is 4.64. The third kappa shape index (κ3) is 2.32. The highest BCUT2D eigenvalue weighted by Gasteiger charge is 2.28. The van der Waals surface area contributed by atoms with E-state index in [2.05, 4.69) is 32.2 Å². The normalized spacial score (nSPS) is 19.1. The van der Waals surface area contributed by atoms with Crippen molar-refractivity contribution >= 4 is 5.82 Å². The van der Waals surface area contributed by atoms with E-state index in [1.807, 2.05) is 31.8 Å². The quantitative estimate of drug-likeness (QED) is 0.827. The summed E-state index contributed by atoms with van der Waals surface area (Å²) in [4.78, 5) is 11.3. The molecule has 0 N–H and O–H groups in total. The molecule has 1 fully saturated rings. The Morgan fingerprint density at radius 3 is 2.79 bits per heavy atom. The van der Waals surface area contributed by atoms with Gasteiger partial charge in [-0.2, -0.15) is 5.10 Å². The number of hydrogen-bond acceptors (Lipinski definition) is 4. The molecular formula is C14H19N5. The Morgan fingerprint density at radius 1 is 1.26 bits per heavy atom. The van der Waals surface area contributed by atoms with Crippen LogP contribution in [0.1, 0.15) is 36.0 Å². The lowest BCUT2D eigenvalue weighted by atomic mass is 10.1. The predicted molar refractivity (Wildman–Crippen MR) is 74.0 cm³/mol. The van der Waals surface area contributed by atoms with Gasteiger partial charge in [0.05, 0.1) is 12.2 Å². The van der Waals surface area contributed by atoms with Gasteiger partial charge in [-0.15, -0.1) is 0 Å². The van der Waals surface area contributed by atoms with Crippen molar-refractivity contribution in [3.8, 4) is 0 Å². The molecule has 1 aliphatic rings. The summed E-state index contributed by atoms with van der Waals surface area (Å²) in [6, 6.07) is 2.46. The molecule has 0 aromatic carbocycles. The first-order valence-electron chi connectivity index (χ1n) is 6.71. The SMILES string of the molecule is Cc1cc(N2CCCC2c2cnn(C)c2)nc(C)n1. The minimum absolute atomic E-state index is 0.391. The van der Waals surface area contributed by atoms with E-state index in [0.717, 1.165) is 30.3 Å². The van der Waals surface area contributed by atoms with Gasteiger partial charge in [0, 0.05) is 37.1 Å². The molecule has 5 nitrogen and oxygen atoms in total. The summed E-state index contributed by atoms with van der Waals surface area (Å²) in [6.07, 6.45) is 6.42. The maximum atomic E-state index is 4.59. The van der Waals surface area contributed by atoms with E-state index >= 15 is 0 Å². The minimum Gasteiger partial charge on any atom is -0.349 e. The first-order valence-corrected chi connectivity index (χ1v) is 6.71. The highest BCUT2D eigenvalue weighted by molar-refractivity contribution is 5.44. The van der Waals surface area contributed by atoms with Gasteiger partial charge in [0.15, 0.2) is 0 Å². The number of aromatic nitrogens is 4. The Hall–Kier alpha value is -1.91. The second-order valence-corrected chi connectivity index (χ2v) is 5.21. The van der Waals surface area contributed by atoms with Crippen molar-refractivity contribution in [1.82, 2.24) is 19.7 Å². The Kier molecular flexibility index (Phi) is 2.97. The molecular weight excluding hydrogens is 238 g/mol. The zero-order chi connectivity index (χ0) is 13.4. The van der Waals surface area contributed by atoms with Gasteiger partial charge in [-0.3, -0.25) is 4.68 Å². The van der Waals surface area contributed by atoms with Crippen LogP contribution in [-0.4, -0.2) is 26.3 Å². The summed E-state index contributed by atoms with van der Waals surface area (Å²) in [5.74, 6) is 1.88. The van der Waals surface area contributed by atoms with E-state index < -0.39 is 0 Å². The van der Waals surface area contributed by atoms with E-state index in [1.54, 1.807) is 0 Å². The number of aryl methyl sites for hydroxylation is 3. The summed E-state index contributed by atoms with van der Waals surface area (Å²) < 4.78 is 1.86. The van der Waals surface area contributed by atoms with E-state index in [-0.39, 0.29) is 0 Å². The summed E-state index contributed by atoms with van der Waals surface area (Å²) in [7, 11) is 1.96. The molecule has 3 rings (SSSR count). The van der Waals surface area contributed by atoms with Crippen LogP contribution in [-0.2, 0) is 7.05 Å². The zero-order valence-corrected chi connectivity index (χ0v) is 11.7. The van der Waals surface area contributed by atoms with Gasteiger partial charge in [-0.1, -0.05) is 0 Å². The van der Waals surface area contributed by atoms with Crippen molar-refractivity contribution in [2.45, 2.75) is 32.7 Å². The molecule has 1 unspecified atom stereocenters. The molecule has 2 aromatic heterocycles. The van der Waals surface area contributed by atoms with Crippen LogP contribution in [0.15, 0.2) is 18.5 Å². The summed E-state index contributed by atoms with van der Waals surface area (Å²) >= 11 is 0. The first-order chi connectivity index (χ1) is 9.13. The van der Waals surface area contributed by atoms with Crippen molar-refractivity contribution in [1.29, 1.82) is 0 Å². The topological polar surface area (TPSA) is 46.8 Å². The molecule has 100 valence electrons. The zero-order valence-electron chi connectivity index (χ0n) is 11.7. The maximum Gasteiger partial charge on any atom is 0.133 e. The van der Waals surface area contributed by atoms with Gasteiger partial charge >= 0.3 is 0 Å². The average molecular weight is 257 g/mol. The van der Waals surface area contributed by atoms with Crippen molar-refractivity contribution in [2.24, 2.45) is 7.05 Å². The molecule has 2 aromatic rings. The van der Waals surface area contributed by atoms with Crippen LogP contribution in [0.4, 0.5) is 5.82 Å². The molecule has 0 spiro atoms. The van der Waals surface area contributed by atoms with Crippen LogP contribution in [0, 0.1) is 13.8 Å². The van der Waals surface area contributed by atoms with E-state index in [4.69, 9.17) is 0 Å². The molecule has 3 heterocycles. The largest absolute Gasteiger partial charge is 0.349 e. The molecule has 0 saturated carbocycles. The van der Waals surface area contributed by atoms with Gasteiger partial charge < -0.3 is 4.90 Å². The van der Waals surface area contributed by atoms with Crippen molar-refractivity contribution in [3.63, 3.8) is 0 Å². The fraction of sp³-hybridized carbons (Fsp3) is 0.500. The van der Waals surface area contributed by atoms with Gasteiger partial charge in [-0.05, 0) is 26.7 Å². The maximum absolute atomic E-state index is 4.59. The molecule has 1 aliphatic heterocycles. The lowest BCUT2D eigenvalue weighted by molar-refractivity contribution is 0.704. The number of hydrogen-bond donors (Lipinski definition) is 0. The highest BCUT2D eigenvalue weighted by atomic mass is 15.3. The predicted octanol–water partition coefficient (Wildman–Crippen LogP) is 2.17. The third-order valence-electron chi connectivity index (χ3n) is 3.61. The van der Waals surface area contributed by atoms with Gasteiger partial charge in [0.1, 0.15) is 11.6 Å². The Morgan fingerprint density at radius 2 is 2.11 bits per heavy atom. The van der Waals surface area contributed by atoms with Gasteiger partial charge in [0.25, 0.3) is 0 Å². The molecule has 1 saturated heterocycles. The van der Waals surface area contributed by atoms with E-state index in [1.165, 1.54) is 12.0 Å². The number of rotatable bonds is 2. The fourth-order valence-corrected chi connectivity index (χ4v) is 2.84. The highest BCUT2D eigenvalue weighted by Crippen LogP contribution is 2.35. The molecule has 1 atom stereocenters. The molecule has 19 heavy (non-hydrogen) atoms. The Labute approximate surface area is 113 Å². The summed E-state index contributed by atoms with van der Waals surface area (Å²) in [5, 5.41) is 4.28. The molecule has 0 amide bonds. The lowest BCUT2D eigenvalue weighted by Gasteiger charge is -2.25. The number of anilines is 1. The van der Waals surface area contributed by atoms with Crippen LogP contribution in [0.5, 0.6) is 0 Å². The first kappa shape index (κ1) is 12.1. The van der Waals surface area contributed by atoms with Crippen molar-refractivity contribution in [2.75, 3.05) is 11.4 Å². The van der Waals surface area contributed by atoms with E-state index in [0.29, 0.717) is 6.04 Å². The van der Waals surface area contributed by atoms with Crippen LogP contribution < -0.4 is 4.90 Å². The molecule has 0 radical (unpaired) electrons. The fourth-order valence-electron chi connectivity index (χ4n) is 2.84. The Bertz CT molecular complexity index is 569. The number of nitrogens with zero attached hydrogens (tertiary/aromatic N) is 5. The third-order valence-corrected chi connectivity index (χ3v) is 3.61. The monoisotopic (exact) mass is 257 g/mol. The second-order valence-electron chi connectivity index (χ2n) is 5.21. The van der Waals surface area contributed by atoms with Gasteiger partial charge in [-0.25, -0.2) is 9.97 Å². The lowest BCUT2D eigenvalue weighted by Crippen LogP contribution is -2.23. The average Bonchev–Trinajstić information content (AvgIpc) is 2.95. The molecule has 5 heteroatoms. The smallest absolute Gasteiger partial charge is 0.133 e. The minimum atomic E-state index is 0.391. The van der Waals surface area contributed by atoms with E-state index in [9.17, 15) is 0 Å². The van der Waals surface area contributed by atoms with Crippen molar-refractivity contribution < 1.29 is 0 Å². The molecule has 0 aliphatic carbocycles. The standard InChI is InChI=1S/C14H19N5/c1-10-7-14(17-11(2)16-10)19-6-4-5-13(19)12-8-15-18(3)9-12/h7-9,13H,4-6H2,1-3H3. The van der Waals surface area contributed by atoms with Crippen molar-refractivity contribution in [3.05, 3.63) is 35.5 Å². The summed E-state index contributed by atoms with van der Waals surface area (Å²) in [5.41, 5.74) is 2.30. The molecule has 0 bridgehead atoms. The van der Waals surface area contributed by atoms with Crippen LogP contribution >= 0.6 is 0 Å². The van der Waals surface area contributed by atoms with Crippen LogP contribution in [0.3, 0.4) is 0 Å². The Balaban J connectivity index is 1.94. The summed E-state index contributed by atoms with van der Waals surface area (Å²) in [6.45, 7) is 5.02.